The molecule has 1 N–H and O–H groups in total. The van der Waals surface area contributed by atoms with E-state index in [-0.39, 0.29) is 0 Å². The van der Waals surface area contributed by atoms with Crippen LogP contribution in [-0.4, -0.2) is 46.2 Å². The predicted molar refractivity (Wildman–Crippen MR) is 74.7 cm³/mol. The average molecular weight is 250 g/mol. The van der Waals surface area contributed by atoms with Crippen LogP contribution in [-0.2, 0) is 6.54 Å². The van der Waals surface area contributed by atoms with Crippen molar-refractivity contribution in [3.05, 3.63) is 18.2 Å². The Labute approximate surface area is 110 Å². The number of rotatable bonds is 6. The number of aryl methyl sites for hydroxylation is 1. The molecule has 18 heavy (non-hydrogen) atoms. The third-order valence-corrected chi connectivity index (χ3v) is 3.90. The van der Waals surface area contributed by atoms with E-state index in [2.05, 4.69) is 46.7 Å². The van der Waals surface area contributed by atoms with Crippen molar-refractivity contribution in [1.29, 1.82) is 0 Å². The lowest BCUT2D eigenvalue weighted by Crippen LogP contribution is -2.42. The molecule has 0 aromatic carbocycles. The molecule has 1 aromatic heterocycles. The summed E-state index contributed by atoms with van der Waals surface area (Å²) in [5.41, 5.74) is 0. The van der Waals surface area contributed by atoms with Gasteiger partial charge in [0, 0.05) is 44.1 Å². The standard InChI is InChI=1S/C14H26N4/c1-12(2)18(11-14-5-4-6-16-14)10-9-17-8-7-15-13(17)3/h7-8,12,14,16H,4-6,9-11H2,1-3H3. The Morgan fingerprint density at radius 2 is 2.39 bits per heavy atom. The molecule has 1 aliphatic heterocycles. The molecule has 1 fully saturated rings. The highest BCUT2D eigenvalue weighted by atomic mass is 15.2. The maximum absolute atomic E-state index is 4.27. The topological polar surface area (TPSA) is 33.1 Å². The quantitative estimate of drug-likeness (QED) is 0.833. The molecule has 2 heterocycles. The largest absolute Gasteiger partial charge is 0.334 e. The Morgan fingerprint density at radius 1 is 1.56 bits per heavy atom. The fourth-order valence-corrected chi connectivity index (χ4v) is 2.63. The van der Waals surface area contributed by atoms with Gasteiger partial charge in [0.2, 0.25) is 0 Å². The van der Waals surface area contributed by atoms with Crippen LogP contribution in [0, 0.1) is 6.92 Å². The Kier molecular flexibility index (Phi) is 4.78. The van der Waals surface area contributed by atoms with Gasteiger partial charge in [0.1, 0.15) is 5.82 Å². The van der Waals surface area contributed by atoms with Crippen molar-refractivity contribution >= 4 is 0 Å². The smallest absolute Gasteiger partial charge is 0.105 e. The molecule has 1 atom stereocenters. The average Bonchev–Trinajstić information content (AvgIpc) is 2.96. The van der Waals surface area contributed by atoms with Crippen LogP contribution in [0.2, 0.25) is 0 Å². The number of aromatic nitrogens is 2. The summed E-state index contributed by atoms with van der Waals surface area (Å²) in [7, 11) is 0. The van der Waals surface area contributed by atoms with Gasteiger partial charge < -0.3 is 9.88 Å². The summed E-state index contributed by atoms with van der Waals surface area (Å²) in [6, 6.07) is 1.30. The summed E-state index contributed by atoms with van der Waals surface area (Å²) in [4.78, 5) is 6.85. The van der Waals surface area contributed by atoms with Gasteiger partial charge in [-0.25, -0.2) is 4.98 Å². The molecule has 1 aliphatic rings. The van der Waals surface area contributed by atoms with E-state index in [4.69, 9.17) is 0 Å². The second kappa shape index (κ2) is 6.34. The third-order valence-electron chi connectivity index (χ3n) is 3.90. The molecule has 0 saturated carbocycles. The molecule has 4 heteroatoms. The van der Waals surface area contributed by atoms with E-state index >= 15 is 0 Å². The summed E-state index contributed by atoms with van der Waals surface area (Å²) >= 11 is 0. The van der Waals surface area contributed by atoms with Gasteiger partial charge in [-0.15, -0.1) is 0 Å². The molecule has 4 nitrogen and oxygen atoms in total. The number of hydrogen-bond donors (Lipinski definition) is 1. The van der Waals surface area contributed by atoms with Crippen LogP contribution in [0.1, 0.15) is 32.5 Å². The first-order valence-corrected chi connectivity index (χ1v) is 7.12. The Balaban J connectivity index is 1.84. The van der Waals surface area contributed by atoms with Crippen molar-refractivity contribution in [2.45, 2.75) is 52.2 Å². The SMILES string of the molecule is Cc1nccn1CCN(CC1CCCN1)C(C)C. The first kappa shape index (κ1) is 13.6. The molecule has 0 aliphatic carbocycles. The zero-order valence-corrected chi connectivity index (χ0v) is 11.9. The van der Waals surface area contributed by atoms with Crippen molar-refractivity contribution < 1.29 is 0 Å². The van der Waals surface area contributed by atoms with Gasteiger partial charge in [-0.2, -0.15) is 0 Å². The Hall–Kier alpha value is -0.870. The molecular formula is C14H26N4. The second-order valence-corrected chi connectivity index (χ2v) is 5.55. The fourth-order valence-electron chi connectivity index (χ4n) is 2.63. The van der Waals surface area contributed by atoms with Gasteiger partial charge >= 0.3 is 0 Å². The Morgan fingerprint density at radius 3 is 2.94 bits per heavy atom. The van der Waals surface area contributed by atoms with Crippen molar-refractivity contribution in [2.75, 3.05) is 19.6 Å². The highest BCUT2D eigenvalue weighted by Crippen LogP contribution is 2.09. The minimum atomic E-state index is 0.608. The number of hydrogen-bond acceptors (Lipinski definition) is 3. The lowest BCUT2D eigenvalue weighted by molar-refractivity contribution is 0.194. The van der Waals surface area contributed by atoms with Crippen LogP contribution in [0.5, 0.6) is 0 Å². The van der Waals surface area contributed by atoms with Crippen molar-refractivity contribution in [3.63, 3.8) is 0 Å². The van der Waals surface area contributed by atoms with E-state index in [0.29, 0.717) is 12.1 Å². The fraction of sp³-hybridized carbons (Fsp3) is 0.786. The Bertz CT molecular complexity index is 352. The van der Waals surface area contributed by atoms with E-state index < -0.39 is 0 Å². The van der Waals surface area contributed by atoms with Crippen LogP contribution >= 0.6 is 0 Å². The van der Waals surface area contributed by atoms with E-state index in [9.17, 15) is 0 Å². The second-order valence-electron chi connectivity index (χ2n) is 5.55. The van der Waals surface area contributed by atoms with Crippen LogP contribution in [0.25, 0.3) is 0 Å². The van der Waals surface area contributed by atoms with Gasteiger partial charge in [-0.3, -0.25) is 4.90 Å². The minimum absolute atomic E-state index is 0.608. The number of nitrogens with zero attached hydrogens (tertiary/aromatic N) is 3. The van der Waals surface area contributed by atoms with Crippen LogP contribution < -0.4 is 5.32 Å². The van der Waals surface area contributed by atoms with E-state index in [1.54, 1.807) is 0 Å². The molecular weight excluding hydrogens is 224 g/mol. The summed E-state index contributed by atoms with van der Waals surface area (Å²) in [6.07, 6.45) is 6.61. The molecule has 0 amide bonds. The molecule has 0 spiro atoms. The third kappa shape index (κ3) is 3.56. The molecule has 1 saturated heterocycles. The molecule has 102 valence electrons. The van der Waals surface area contributed by atoms with Gasteiger partial charge in [-0.05, 0) is 40.2 Å². The van der Waals surface area contributed by atoms with Crippen molar-refractivity contribution in [3.8, 4) is 0 Å². The summed E-state index contributed by atoms with van der Waals surface area (Å²) < 4.78 is 2.23. The van der Waals surface area contributed by atoms with Gasteiger partial charge in [0.25, 0.3) is 0 Å². The van der Waals surface area contributed by atoms with Crippen molar-refractivity contribution in [1.82, 2.24) is 19.8 Å². The normalized spacial score (nSPS) is 20.2. The van der Waals surface area contributed by atoms with Gasteiger partial charge in [0.15, 0.2) is 0 Å². The molecule has 0 radical (unpaired) electrons. The highest BCUT2D eigenvalue weighted by molar-refractivity contribution is 4.89. The van der Waals surface area contributed by atoms with Crippen LogP contribution in [0.15, 0.2) is 12.4 Å². The number of nitrogens with one attached hydrogen (secondary N) is 1. The van der Waals surface area contributed by atoms with Gasteiger partial charge in [-0.1, -0.05) is 0 Å². The minimum Gasteiger partial charge on any atom is -0.334 e. The summed E-state index contributed by atoms with van der Waals surface area (Å²) in [5.74, 6) is 1.11. The first-order valence-electron chi connectivity index (χ1n) is 7.12. The lowest BCUT2D eigenvalue weighted by atomic mass is 10.2. The predicted octanol–water partition coefficient (Wildman–Crippen LogP) is 1.65. The molecule has 2 rings (SSSR count). The highest BCUT2D eigenvalue weighted by Gasteiger charge is 2.19. The maximum atomic E-state index is 4.27. The lowest BCUT2D eigenvalue weighted by Gasteiger charge is -2.29. The summed E-state index contributed by atoms with van der Waals surface area (Å²) in [6.45, 7) is 11.1. The molecule has 0 bridgehead atoms. The van der Waals surface area contributed by atoms with E-state index in [1.165, 1.54) is 25.9 Å². The zero-order valence-electron chi connectivity index (χ0n) is 11.9. The van der Waals surface area contributed by atoms with E-state index in [1.807, 2.05) is 6.20 Å². The van der Waals surface area contributed by atoms with Crippen LogP contribution in [0.4, 0.5) is 0 Å². The van der Waals surface area contributed by atoms with E-state index in [0.717, 1.165) is 18.9 Å². The summed E-state index contributed by atoms with van der Waals surface area (Å²) in [5, 5.41) is 3.59. The van der Waals surface area contributed by atoms with Crippen LogP contribution in [0.3, 0.4) is 0 Å². The first-order chi connectivity index (χ1) is 8.66. The van der Waals surface area contributed by atoms with Crippen molar-refractivity contribution in [2.24, 2.45) is 0 Å². The zero-order chi connectivity index (χ0) is 13.0. The molecule has 1 aromatic rings. The number of imidazole rings is 1. The monoisotopic (exact) mass is 250 g/mol. The maximum Gasteiger partial charge on any atom is 0.105 e. The van der Waals surface area contributed by atoms with Gasteiger partial charge in [0.05, 0.1) is 0 Å². The molecule has 1 unspecified atom stereocenters.